The number of nitrogens with zero attached hydrogens (tertiary/aromatic N) is 2. The van der Waals surface area contributed by atoms with Crippen LogP contribution < -0.4 is 5.32 Å². The minimum Gasteiger partial charge on any atom is -0.336 e. The number of carbonyl (C=O) groups is 1. The van der Waals surface area contributed by atoms with E-state index in [-0.39, 0.29) is 11.7 Å². The third kappa shape index (κ3) is 2.73. The minimum absolute atomic E-state index is 0.0947. The van der Waals surface area contributed by atoms with Crippen LogP contribution in [0.25, 0.3) is 0 Å². The molecule has 0 atom stereocenters. The summed E-state index contributed by atoms with van der Waals surface area (Å²) >= 11 is 3.32. The molecule has 2 heterocycles. The first kappa shape index (κ1) is 14.0. The highest BCUT2D eigenvalue weighted by Gasteiger charge is 2.29. The molecule has 2 aliphatic heterocycles. The fourth-order valence-corrected chi connectivity index (χ4v) is 3.07. The van der Waals surface area contributed by atoms with Gasteiger partial charge < -0.3 is 10.2 Å². The number of piperazine rings is 1. The molecule has 0 bridgehead atoms. The van der Waals surface area contributed by atoms with E-state index in [0.717, 1.165) is 26.2 Å². The fraction of sp³-hybridized carbons (Fsp3) is 0.500. The van der Waals surface area contributed by atoms with E-state index < -0.39 is 0 Å². The Labute approximate surface area is 126 Å². The summed E-state index contributed by atoms with van der Waals surface area (Å²) in [7, 11) is 0. The van der Waals surface area contributed by atoms with Crippen LogP contribution in [0.2, 0.25) is 0 Å². The van der Waals surface area contributed by atoms with Gasteiger partial charge in [0.2, 0.25) is 0 Å². The minimum atomic E-state index is -0.379. The van der Waals surface area contributed by atoms with Crippen LogP contribution in [-0.2, 0) is 0 Å². The molecule has 108 valence electrons. The monoisotopic (exact) mass is 341 g/mol. The smallest absolute Gasteiger partial charge is 0.255 e. The largest absolute Gasteiger partial charge is 0.336 e. The van der Waals surface area contributed by atoms with Crippen molar-refractivity contribution in [2.75, 3.05) is 39.3 Å². The van der Waals surface area contributed by atoms with Crippen molar-refractivity contribution < 1.29 is 9.18 Å². The van der Waals surface area contributed by atoms with Crippen LogP contribution >= 0.6 is 15.9 Å². The highest BCUT2D eigenvalue weighted by atomic mass is 79.9. The van der Waals surface area contributed by atoms with E-state index in [0.29, 0.717) is 29.2 Å². The van der Waals surface area contributed by atoms with Gasteiger partial charge in [-0.05, 0) is 34.1 Å². The first-order chi connectivity index (χ1) is 9.65. The Morgan fingerprint density at radius 3 is 2.55 bits per heavy atom. The van der Waals surface area contributed by atoms with Crippen molar-refractivity contribution in [3.63, 3.8) is 0 Å². The van der Waals surface area contributed by atoms with Crippen LogP contribution in [0.1, 0.15) is 10.4 Å². The molecule has 20 heavy (non-hydrogen) atoms. The van der Waals surface area contributed by atoms with Gasteiger partial charge in [0, 0.05) is 49.8 Å². The predicted octanol–water partition coefficient (Wildman–Crippen LogP) is 1.32. The summed E-state index contributed by atoms with van der Waals surface area (Å²) < 4.78 is 13.9. The van der Waals surface area contributed by atoms with Gasteiger partial charge in [0.25, 0.3) is 5.91 Å². The maximum atomic E-state index is 13.3. The van der Waals surface area contributed by atoms with Gasteiger partial charge in [-0.15, -0.1) is 0 Å². The Bertz CT molecular complexity index is 513. The Hall–Kier alpha value is -0.980. The lowest BCUT2D eigenvalue weighted by Gasteiger charge is -2.43. The molecular weight excluding hydrogens is 325 g/mol. The van der Waals surface area contributed by atoms with Gasteiger partial charge in [0.1, 0.15) is 5.82 Å². The van der Waals surface area contributed by atoms with E-state index in [1.807, 2.05) is 4.90 Å². The van der Waals surface area contributed by atoms with Gasteiger partial charge in [-0.2, -0.15) is 0 Å². The summed E-state index contributed by atoms with van der Waals surface area (Å²) in [6, 6.07) is 4.85. The van der Waals surface area contributed by atoms with Crippen molar-refractivity contribution in [2.45, 2.75) is 6.04 Å². The molecule has 0 aliphatic carbocycles. The number of hydrogen-bond donors (Lipinski definition) is 1. The maximum absolute atomic E-state index is 13.3. The molecule has 2 fully saturated rings. The highest BCUT2D eigenvalue weighted by molar-refractivity contribution is 9.10. The topological polar surface area (TPSA) is 35.6 Å². The second-order valence-corrected chi connectivity index (χ2v) is 6.12. The predicted molar refractivity (Wildman–Crippen MR) is 78.2 cm³/mol. The van der Waals surface area contributed by atoms with Crippen LogP contribution in [0.5, 0.6) is 0 Å². The zero-order valence-electron chi connectivity index (χ0n) is 11.1. The molecule has 0 spiro atoms. The van der Waals surface area contributed by atoms with E-state index in [2.05, 4.69) is 26.1 Å². The van der Waals surface area contributed by atoms with Crippen LogP contribution in [0.4, 0.5) is 4.39 Å². The molecule has 1 amide bonds. The van der Waals surface area contributed by atoms with Crippen molar-refractivity contribution in [2.24, 2.45) is 0 Å². The van der Waals surface area contributed by atoms with Gasteiger partial charge in [0.15, 0.2) is 0 Å². The average molecular weight is 342 g/mol. The molecule has 1 aromatic carbocycles. The Balaban J connectivity index is 1.65. The number of carbonyl (C=O) groups excluding carboxylic acids is 1. The van der Waals surface area contributed by atoms with E-state index in [1.165, 1.54) is 12.1 Å². The maximum Gasteiger partial charge on any atom is 0.255 e. The van der Waals surface area contributed by atoms with E-state index >= 15 is 0 Å². The summed E-state index contributed by atoms with van der Waals surface area (Å²) in [5.74, 6) is -0.474. The first-order valence-corrected chi connectivity index (χ1v) is 7.63. The molecule has 0 radical (unpaired) electrons. The van der Waals surface area contributed by atoms with Gasteiger partial charge in [-0.1, -0.05) is 0 Å². The number of amides is 1. The van der Waals surface area contributed by atoms with Gasteiger partial charge >= 0.3 is 0 Å². The fourth-order valence-electron chi connectivity index (χ4n) is 2.65. The quantitative estimate of drug-likeness (QED) is 0.881. The lowest BCUT2D eigenvalue weighted by molar-refractivity contribution is 0.0501. The standard InChI is InChI=1S/C14H17BrFN3O/c15-13-2-1-10(16)7-12(13)14(20)19-5-3-18(4-6-19)11-8-17-9-11/h1-2,7,11,17H,3-6,8-9H2. The second kappa shape index (κ2) is 5.79. The van der Waals surface area contributed by atoms with Crippen molar-refractivity contribution in [1.29, 1.82) is 0 Å². The molecule has 3 rings (SSSR count). The first-order valence-electron chi connectivity index (χ1n) is 6.84. The summed E-state index contributed by atoms with van der Waals surface area (Å²) in [4.78, 5) is 16.7. The molecule has 2 aliphatic rings. The molecule has 1 aromatic rings. The Morgan fingerprint density at radius 2 is 1.95 bits per heavy atom. The van der Waals surface area contributed by atoms with Crippen LogP contribution in [0, 0.1) is 5.82 Å². The van der Waals surface area contributed by atoms with Crippen molar-refractivity contribution in [3.05, 3.63) is 34.1 Å². The van der Waals surface area contributed by atoms with E-state index in [9.17, 15) is 9.18 Å². The summed E-state index contributed by atoms with van der Waals surface area (Å²) in [5, 5.41) is 3.26. The van der Waals surface area contributed by atoms with Crippen molar-refractivity contribution in [1.82, 2.24) is 15.1 Å². The highest BCUT2D eigenvalue weighted by Crippen LogP contribution is 2.21. The van der Waals surface area contributed by atoms with E-state index in [1.54, 1.807) is 6.07 Å². The lowest BCUT2D eigenvalue weighted by Crippen LogP contribution is -2.62. The summed E-state index contributed by atoms with van der Waals surface area (Å²) in [6.07, 6.45) is 0. The molecular formula is C14H17BrFN3O. The molecule has 4 nitrogen and oxygen atoms in total. The van der Waals surface area contributed by atoms with Gasteiger partial charge in [-0.3, -0.25) is 9.69 Å². The number of hydrogen-bond acceptors (Lipinski definition) is 3. The second-order valence-electron chi connectivity index (χ2n) is 5.26. The third-order valence-corrected chi connectivity index (χ3v) is 4.73. The molecule has 0 aromatic heterocycles. The zero-order chi connectivity index (χ0) is 14.1. The zero-order valence-corrected chi connectivity index (χ0v) is 12.7. The molecule has 2 saturated heterocycles. The summed E-state index contributed by atoms with van der Waals surface area (Å²) in [5.41, 5.74) is 0.406. The normalized spacial score (nSPS) is 20.8. The van der Waals surface area contributed by atoms with E-state index in [4.69, 9.17) is 0 Å². The van der Waals surface area contributed by atoms with Crippen LogP contribution in [0.3, 0.4) is 0 Å². The van der Waals surface area contributed by atoms with Crippen LogP contribution in [0.15, 0.2) is 22.7 Å². The van der Waals surface area contributed by atoms with Crippen LogP contribution in [-0.4, -0.2) is 61.0 Å². The van der Waals surface area contributed by atoms with Crippen molar-refractivity contribution >= 4 is 21.8 Å². The molecule has 0 saturated carbocycles. The number of halogens is 2. The third-order valence-electron chi connectivity index (χ3n) is 4.04. The van der Waals surface area contributed by atoms with Gasteiger partial charge in [0.05, 0.1) is 5.56 Å². The van der Waals surface area contributed by atoms with Gasteiger partial charge in [-0.25, -0.2) is 4.39 Å². The van der Waals surface area contributed by atoms with Crippen molar-refractivity contribution in [3.8, 4) is 0 Å². The SMILES string of the molecule is O=C(c1cc(F)ccc1Br)N1CCN(C2CNC2)CC1. The molecule has 6 heteroatoms. The number of nitrogens with one attached hydrogen (secondary N) is 1. The summed E-state index contributed by atoms with van der Waals surface area (Å²) in [6.45, 7) is 5.29. The number of benzene rings is 1. The molecule has 1 N–H and O–H groups in total. The number of rotatable bonds is 2. The Kier molecular flexibility index (Phi) is 4.05. The average Bonchev–Trinajstić information content (AvgIpc) is 2.40. The molecule has 0 unspecified atom stereocenters. The lowest BCUT2D eigenvalue weighted by atomic mass is 10.1. The Morgan fingerprint density at radius 1 is 1.25 bits per heavy atom.